The molecular weight excluding hydrogens is 230 g/mol. The van der Waals surface area contributed by atoms with Gasteiger partial charge in [-0.05, 0) is 18.6 Å². The van der Waals surface area contributed by atoms with Crippen LogP contribution in [0.1, 0.15) is 19.0 Å². The third-order valence-corrected chi connectivity index (χ3v) is 2.65. The molecule has 2 rings (SSSR count). The molecule has 0 spiro atoms. The summed E-state index contributed by atoms with van der Waals surface area (Å²) in [7, 11) is 0. The van der Waals surface area contributed by atoms with Crippen LogP contribution in [0.15, 0.2) is 46.2 Å². The van der Waals surface area contributed by atoms with Crippen molar-refractivity contribution in [2.75, 3.05) is 0 Å². The zero-order chi connectivity index (χ0) is 13.0. The lowest BCUT2D eigenvalue weighted by Gasteiger charge is -2.08. The van der Waals surface area contributed by atoms with Gasteiger partial charge in [0.15, 0.2) is 0 Å². The van der Waals surface area contributed by atoms with E-state index in [1.54, 1.807) is 29.1 Å². The fraction of sp³-hybridized carbons (Fsp3) is 0.308. The van der Waals surface area contributed by atoms with Gasteiger partial charge >= 0.3 is 5.69 Å². The molecule has 0 N–H and O–H groups in total. The van der Waals surface area contributed by atoms with Gasteiger partial charge < -0.3 is 4.57 Å². The lowest BCUT2D eigenvalue weighted by molar-refractivity contribution is 0.567. The van der Waals surface area contributed by atoms with Crippen LogP contribution in [0.2, 0.25) is 0 Å². The average molecular weight is 245 g/mol. The summed E-state index contributed by atoms with van der Waals surface area (Å²) in [4.78, 5) is 27.9. The van der Waals surface area contributed by atoms with E-state index in [1.165, 1.54) is 10.6 Å². The zero-order valence-electron chi connectivity index (χ0n) is 10.2. The van der Waals surface area contributed by atoms with Crippen LogP contribution in [-0.4, -0.2) is 14.1 Å². The van der Waals surface area contributed by atoms with Gasteiger partial charge in [0.05, 0.1) is 12.2 Å². The van der Waals surface area contributed by atoms with E-state index in [2.05, 4.69) is 4.98 Å². The van der Waals surface area contributed by atoms with Gasteiger partial charge in [-0.1, -0.05) is 13.0 Å². The van der Waals surface area contributed by atoms with Crippen LogP contribution in [0.5, 0.6) is 0 Å². The van der Waals surface area contributed by atoms with E-state index in [9.17, 15) is 9.59 Å². The second-order valence-electron chi connectivity index (χ2n) is 4.04. The molecule has 0 saturated heterocycles. The van der Waals surface area contributed by atoms with E-state index >= 15 is 0 Å². The van der Waals surface area contributed by atoms with Crippen LogP contribution in [0.25, 0.3) is 0 Å². The van der Waals surface area contributed by atoms with Crippen LogP contribution in [-0.2, 0) is 13.1 Å². The predicted molar refractivity (Wildman–Crippen MR) is 68.6 cm³/mol. The van der Waals surface area contributed by atoms with Crippen LogP contribution in [0.3, 0.4) is 0 Å². The molecule has 0 atom stereocenters. The highest BCUT2D eigenvalue weighted by Crippen LogP contribution is 1.94. The van der Waals surface area contributed by atoms with Gasteiger partial charge in [-0.15, -0.1) is 0 Å². The zero-order valence-corrected chi connectivity index (χ0v) is 10.2. The molecule has 0 aliphatic carbocycles. The minimum atomic E-state index is -0.294. The average Bonchev–Trinajstić information content (AvgIpc) is 2.39. The highest BCUT2D eigenvalue weighted by molar-refractivity contribution is 5.04. The van der Waals surface area contributed by atoms with E-state index in [4.69, 9.17) is 0 Å². The lowest BCUT2D eigenvalue weighted by Crippen LogP contribution is -2.39. The molecular formula is C13H15N3O2. The van der Waals surface area contributed by atoms with Crippen molar-refractivity contribution in [3.05, 3.63) is 63.2 Å². The maximum atomic E-state index is 12.1. The van der Waals surface area contributed by atoms with Gasteiger partial charge in [0.1, 0.15) is 0 Å². The van der Waals surface area contributed by atoms with Gasteiger partial charge in [0.25, 0.3) is 5.56 Å². The van der Waals surface area contributed by atoms with E-state index in [-0.39, 0.29) is 17.8 Å². The fourth-order valence-corrected chi connectivity index (χ4v) is 1.77. The largest absolute Gasteiger partial charge is 0.331 e. The van der Waals surface area contributed by atoms with Crippen LogP contribution < -0.4 is 11.2 Å². The molecule has 0 aliphatic heterocycles. The molecule has 2 aromatic rings. The molecule has 0 radical (unpaired) electrons. The number of pyridine rings is 1. The predicted octanol–water partition coefficient (Wildman–Crippen LogP) is 0.863. The number of rotatable bonds is 4. The monoisotopic (exact) mass is 245 g/mol. The molecule has 0 fully saturated rings. The highest BCUT2D eigenvalue weighted by Gasteiger charge is 2.05. The van der Waals surface area contributed by atoms with E-state index in [0.29, 0.717) is 12.2 Å². The Morgan fingerprint density at radius 2 is 2.06 bits per heavy atom. The molecule has 0 aromatic carbocycles. The van der Waals surface area contributed by atoms with Crippen molar-refractivity contribution in [3.8, 4) is 0 Å². The summed E-state index contributed by atoms with van der Waals surface area (Å²) in [6, 6.07) is 6.84. The number of hydrogen-bond donors (Lipinski definition) is 0. The Labute approximate surface area is 104 Å². The van der Waals surface area contributed by atoms with Gasteiger partial charge in [-0.2, -0.15) is 0 Å². The van der Waals surface area contributed by atoms with Crippen molar-refractivity contribution in [3.63, 3.8) is 0 Å². The molecule has 18 heavy (non-hydrogen) atoms. The standard InChI is InChI=1S/C13H15N3O2/c1-2-8-15-9-6-12(17)16(13(15)18)10-11-5-3-4-7-14-11/h3-7,9H,2,8,10H2,1H3. The normalized spacial score (nSPS) is 10.5. The molecule has 0 amide bonds. The first kappa shape index (κ1) is 12.3. The summed E-state index contributed by atoms with van der Waals surface area (Å²) < 4.78 is 2.75. The van der Waals surface area contributed by atoms with Crippen LogP contribution in [0, 0.1) is 0 Å². The molecule has 0 unspecified atom stereocenters. The van der Waals surface area contributed by atoms with Crippen molar-refractivity contribution < 1.29 is 0 Å². The molecule has 2 aromatic heterocycles. The number of nitrogens with zero attached hydrogens (tertiary/aromatic N) is 3. The van der Waals surface area contributed by atoms with Crippen LogP contribution >= 0.6 is 0 Å². The summed E-state index contributed by atoms with van der Waals surface area (Å²) in [5, 5.41) is 0. The Bertz CT molecular complexity index is 629. The van der Waals surface area contributed by atoms with Gasteiger partial charge in [-0.25, -0.2) is 4.79 Å². The maximum absolute atomic E-state index is 12.1. The molecule has 94 valence electrons. The van der Waals surface area contributed by atoms with Gasteiger partial charge in [0, 0.05) is 25.0 Å². The summed E-state index contributed by atoms with van der Waals surface area (Å²) in [5.41, 5.74) is 0.124. The van der Waals surface area contributed by atoms with Crippen molar-refractivity contribution in [2.45, 2.75) is 26.4 Å². The minimum absolute atomic E-state index is 0.211. The Kier molecular flexibility index (Phi) is 3.72. The molecule has 5 heteroatoms. The quantitative estimate of drug-likeness (QED) is 0.803. The third kappa shape index (κ3) is 2.56. The summed E-state index contributed by atoms with van der Waals surface area (Å²) >= 11 is 0. The van der Waals surface area contributed by atoms with Gasteiger partial charge in [0.2, 0.25) is 0 Å². The Balaban J connectivity index is 2.41. The fourth-order valence-electron chi connectivity index (χ4n) is 1.77. The second-order valence-corrected chi connectivity index (χ2v) is 4.04. The Hall–Kier alpha value is -2.17. The number of aryl methyl sites for hydroxylation is 1. The number of hydrogen-bond acceptors (Lipinski definition) is 3. The Morgan fingerprint density at radius 3 is 2.72 bits per heavy atom. The number of aromatic nitrogens is 3. The highest BCUT2D eigenvalue weighted by atomic mass is 16.2. The Morgan fingerprint density at radius 1 is 1.22 bits per heavy atom. The van der Waals surface area contributed by atoms with E-state index < -0.39 is 0 Å². The van der Waals surface area contributed by atoms with Crippen molar-refractivity contribution in [2.24, 2.45) is 0 Å². The minimum Gasteiger partial charge on any atom is -0.300 e. The molecule has 0 bridgehead atoms. The smallest absolute Gasteiger partial charge is 0.300 e. The second kappa shape index (κ2) is 5.44. The topological polar surface area (TPSA) is 56.9 Å². The van der Waals surface area contributed by atoms with Crippen molar-refractivity contribution >= 4 is 0 Å². The first-order valence-electron chi connectivity index (χ1n) is 5.92. The van der Waals surface area contributed by atoms with E-state index in [0.717, 1.165) is 6.42 Å². The molecule has 0 aliphatic rings. The summed E-state index contributed by atoms with van der Waals surface area (Å²) in [6.07, 6.45) is 4.04. The maximum Gasteiger partial charge on any atom is 0.331 e. The lowest BCUT2D eigenvalue weighted by atomic mass is 10.3. The van der Waals surface area contributed by atoms with Crippen molar-refractivity contribution in [1.82, 2.24) is 14.1 Å². The molecule has 5 nitrogen and oxygen atoms in total. The third-order valence-electron chi connectivity index (χ3n) is 2.65. The molecule has 0 saturated carbocycles. The first-order chi connectivity index (χ1) is 8.72. The molecule has 2 heterocycles. The van der Waals surface area contributed by atoms with Gasteiger partial charge in [-0.3, -0.25) is 14.3 Å². The first-order valence-corrected chi connectivity index (χ1v) is 5.92. The SMILES string of the molecule is CCCn1ccc(=O)n(Cc2ccccn2)c1=O. The van der Waals surface area contributed by atoms with E-state index in [1.807, 2.05) is 13.0 Å². The van der Waals surface area contributed by atoms with Crippen molar-refractivity contribution in [1.29, 1.82) is 0 Å². The summed E-state index contributed by atoms with van der Waals surface area (Å²) in [6.45, 7) is 2.81. The summed E-state index contributed by atoms with van der Waals surface area (Å²) in [5.74, 6) is 0. The van der Waals surface area contributed by atoms with Crippen LogP contribution in [0.4, 0.5) is 0 Å².